The number of hydrogen-bond donors (Lipinski definition) is 0. The van der Waals surface area contributed by atoms with Crippen molar-refractivity contribution in [3.63, 3.8) is 0 Å². The zero-order chi connectivity index (χ0) is 23.3. The number of imidazole rings is 1. The van der Waals surface area contributed by atoms with Gasteiger partial charge in [0.2, 0.25) is 5.95 Å². The van der Waals surface area contributed by atoms with Crippen LogP contribution < -0.4 is 16.1 Å². The second-order valence-electron chi connectivity index (χ2n) is 8.61. The molecule has 0 spiro atoms. The minimum absolute atomic E-state index is 0.288. The van der Waals surface area contributed by atoms with Gasteiger partial charge in [-0.05, 0) is 43.5 Å². The Hall–Kier alpha value is -3.94. The fraction of sp³-hybridized carbons (Fsp3) is 0.280. The maximum Gasteiger partial charge on any atom is 0.332 e. The van der Waals surface area contributed by atoms with Crippen LogP contribution in [0.1, 0.15) is 27.9 Å². The summed E-state index contributed by atoms with van der Waals surface area (Å²) in [5.74, 6) is 0.352. The van der Waals surface area contributed by atoms with E-state index in [4.69, 9.17) is 4.98 Å². The van der Waals surface area contributed by atoms with E-state index >= 15 is 0 Å². The fourth-order valence-corrected chi connectivity index (χ4v) is 4.61. The molecular formula is C25H25N5O3. The number of Topliss-reactive ketones (excluding diaryl/α,β-unsaturated/α-hetero) is 1. The summed E-state index contributed by atoms with van der Waals surface area (Å²) in [6, 6.07) is 15.0. The lowest BCUT2D eigenvalue weighted by atomic mass is 10.1. The molecule has 168 valence electrons. The minimum atomic E-state index is -0.551. The van der Waals surface area contributed by atoms with Gasteiger partial charge >= 0.3 is 5.69 Å². The van der Waals surface area contributed by atoms with Crippen molar-refractivity contribution in [2.24, 2.45) is 7.05 Å². The number of anilines is 2. The van der Waals surface area contributed by atoms with Gasteiger partial charge in [0, 0.05) is 31.4 Å². The fourth-order valence-electron chi connectivity index (χ4n) is 4.61. The van der Waals surface area contributed by atoms with Crippen molar-refractivity contribution in [2.75, 3.05) is 11.4 Å². The third kappa shape index (κ3) is 3.47. The van der Waals surface area contributed by atoms with E-state index in [-0.39, 0.29) is 12.3 Å². The molecule has 0 N–H and O–H groups in total. The summed E-state index contributed by atoms with van der Waals surface area (Å²) in [7, 11) is 1.59. The summed E-state index contributed by atoms with van der Waals surface area (Å²) in [4.78, 5) is 46.1. The maximum absolute atomic E-state index is 13.5. The van der Waals surface area contributed by atoms with Crippen LogP contribution in [0, 0.1) is 13.8 Å². The van der Waals surface area contributed by atoms with Crippen LogP contribution in [-0.2, 0) is 20.1 Å². The van der Waals surface area contributed by atoms with Crippen LogP contribution in [0.2, 0.25) is 0 Å². The molecule has 0 amide bonds. The SMILES string of the molecule is Cc1cc(C)cc(N2CCCn3c2nc2c3c(=O)n(CC(=O)c3ccccc3)c(=O)n2C)c1. The average molecular weight is 444 g/mol. The van der Waals surface area contributed by atoms with Crippen molar-refractivity contribution in [1.29, 1.82) is 0 Å². The Morgan fingerprint density at radius 2 is 1.70 bits per heavy atom. The first-order chi connectivity index (χ1) is 15.8. The number of rotatable bonds is 4. The molecule has 2 aromatic heterocycles. The van der Waals surface area contributed by atoms with Crippen LogP contribution in [0.5, 0.6) is 0 Å². The van der Waals surface area contributed by atoms with Crippen LogP contribution in [-0.4, -0.2) is 31.0 Å². The third-order valence-corrected chi connectivity index (χ3v) is 6.13. The van der Waals surface area contributed by atoms with Gasteiger partial charge in [-0.2, -0.15) is 4.98 Å². The lowest BCUT2D eigenvalue weighted by molar-refractivity contribution is 0.0969. The van der Waals surface area contributed by atoms with Crippen LogP contribution in [0.3, 0.4) is 0 Å². The lowest BCUT2D eigenvalue weighted by Gasteiger charge is -2.29. The summed E-state index contributed by atoms with van der Waals surface area (Å²) in [6.07, 6.45) is 0.830. The van der Waals surface area contributed by atoms with Crippen molar-refractivity contribution in [3.8, 4) is 0 Å². The van der Waals surface area contributed by atoms with Gasteiger partial charge in [0.25, 0.3) is 5.56 Å². The van der Waals surface area contributed by atoms with E-state index in [0.717, 1.165) is 34.3 Å². The number of aryl methyl sites for hydroxylation is 4. The van der Waals surface area contributed by atoms with Crippen molar-refractivity contribution >= 4 is 28.6 Å². The molecule has 1 aliphatic heterocycles. The van der Waals surface area contributed by atoms with Gasteiger partial charge < -0.3 is 9.47 Å². The lowest BCUT2D eigenvalue weighted by Crippen LogP contribution is -2.41. The molecule has 8 nitrogen and oxygen atoms in total. The number of nitrogens with zero attached hydrogens (tertiary/aromatic N) is 5. The number of ketones is 1. The Kier molecular flexibility index (Phi) is 5.00. The molecule has 0 radical (unpaired) electrons. The van der Waals surface area contributed by atoms with E-state index in [9.17, 15) is 14.4 Å². The molecule has 0 atom stereocenters. The Balaban J connectivity index is 1.67. The quantitative estimate of drug-likeness (QED) is 0.453. The monoisotopic (exact) mass is 443 g/mol. The van der Waals surface area contributed by atoms with E-state index in [2.05, 4.69) is 36.9 Å². The van der Waals surface area contributed by atoms with E-state index in [0.29, 0.717) is 29.2 Å². The van der Waals surface area contributed by atoms with Crippen LogP contribution in [0.25, 0.3) is 11.2 Å². The standard InChI is InChI=1S/C25H25N5O3/c1-16-12-17(2)14-19(13-16)28-10-7-11-29-21-22(26-24(28)29)27(3)25(33)30(23(21)32)15-20(31)18-8-5-4-6-9-18/h4-6,8-9,12-14H,7,10-11,15H2,1-3H3. The summed E-state index contributed by atoms with van der Waals surface area (Å²) in [6.45, 7) is 5.17. The molecule has 0 unspecified atom stereocenters. The number of carbonyl (C=O) groups is 1. The number of aromatic nitrogens is 4. The smallest absolute Gasteiger partial charge is 0.312 e. The first-order valence-electron chi connectivity index (χ1n) is 11.0. The molecule has 0 saturated carbocycles. The number of fused-ring (bicyclic) bond motifs is 3. The minimum Gasteiger partial charge on any atom is -0.312 e. The van der Waals surface area contributed by atoms with Gasteiger partial charge in [-0.15, -0.1) is 0 Å². The Labute approximate surface area is 190 Å². The second kappa shape index (κ2) is 7.88. The molecule has 5 rings (SSSR count). The predicted octanol–water partition coefficient (Wildman–Crippen LogP) is 2.94. The van der Waals surface area contributed by atoms with Crippen molar-refractivity contribution < 1.29 is 4.79 Å². The van der Waals surface area contributed by atoms with E-state index in [1.165, 1.54) is 4.57 Å². The molecule has 4 aromatic rings. The molecule has 8 heteroatoms. The molecule has 3 heterocycles. The second-order valence-corrected chi connectivity index (χ2v) is 8.61. The van der Waals surface area contributed by atoms with Gasteiger partial charge in [-0.1, -0.05) is 36.4 Å². The number of hydrogen-bond acceptors (Lipinski definition) is 5. The molecule has 0 fully saturated rings. The van der Waals surface area contributed by atoms with Crippen molar-refractivity contribution in [1.82, 2.24) is 18.7 Å². The third-order valence-electron chi connectivity index (χ3n) is 6.13. The van der Waals surface area contributed by atoms with Gasteiger partial charge in [-0.3, -0.25) is 18.7 Å². The maximum atomic E-state index is 13.5. The van der Waals surface area contributed by atoms with Crippen LogP contribution >= 0.6 is 0 Å². The number of carbonyl (C=O) groups excluding carboxylic acids is 1. The summed E-state index contributed by atoms with van der Waals surface area (Å²) in [5, 5.41) is 0. The van der Waals surface area contributed by atoms with E-state index in [1.54, 1.807) is 31.3 Å². The van der Waals surface area contributed by atoms with Crippen LogP contribution in [0.4, 0.5) is 11.6 Å². The van der Waals surface area contributed by atoms with Crippen molar-refractivity contribution in [2.45, 2.75) is 33.4 Å². The Morgan fingerprint density at radius 1 is 1.00 bits per heavy atom. The normalized spacial score (nSPS) is 13.4. The number of benzene rings is 2. The highest BCUT2D eigenvalue weighted by atomic mass is 16.2. The zero-order valence-corrected chi connectivity index (χ0v) is 18.9. The highest BCUT2D eigenvalue weighted by Crippen LogP contribution is 2.32. The van der Waals surface area contributed by atoms with Gasteiger partial charge in [0.15, 0.2) is 16.9 Å². The van der Waals surface area contributed by atoms with E-state index in [1.807, 2.05) is 10.6 Å². The predicted molar refractivity (Wildman–Crippen MR) is 128 cm³/mol. The molecule has 0 saturated heterocycles. The first kappa shape index (κ1) is 20.9. The first-order valence-corrected chi connectivity index (χ1v) is 11.0. The highest BCUT2D eigenvalue weighted by molar-refractivity contribution is 5.96. The molecule has 1 aliphatic rings. The van der Waals surface area contributed by atoms with E-state index < -0.39 is 11.2 Å². The van der Waals surface area contributed by atoms with Gasteiger partial charge in [0.1, 0.15) is 0 Å². The largest absolute Gasteiger partial charge is 0.332 e. The molecular weight excluding hydrogens is 418 g/mol. The van der Waals surface area contributed by atoms with Crippen molar-refractivity contribution in [3.05, 3.63) is 86.1 Å². The topological polar surface area (TPSA) is 82.1 Å². The Morgan fingerprint density at radius 3 is 2.39 bits per heavy atom. The van der Waals surface area contributed by atoms with Gasteiger partial charge in [0.05, 0.1) is 6.54 Å². The molecule has 2 aromatic carbocycles. The average Bonchev–Trinajstić information content (AvgIpc) is 3.20. The molecule has 0 bridgehead atoms. The van der Waals surface area contributed by atoms with Gasteiger partial charge in [-0.25, -0.2) is 4.79 Å². The summed E-state index contributed by atoms with van der Waals surface area (Å²) in [5.41, 5.74) is 3.40. The summed E-state index contributed by atoms with van der Waals surface area (Å²) >= 11 is 0. The Bertz CT molecular complexity index is 1490. The molecule has 0 aliphatic carbocycles. The summed E-state index contributed by atoms with van der Waals surface area (Å²) < 4.78 is 4.25. The highest BCUT2D eigenvalue weighted by Gasteiger charge is 2.27. The molecule has 33 heavy (non-hydrogen) atoms. The van der Waals surface area contributed by atoms with Crippen LogP contribution in [0.15, 0.2) is 58.1 Å². The zero-order valence-electron chi connectivity index (χ0n) is 18.9.